The van der Waals surface area contributed by atoms with E-state index in [1.54, 1.807) is 18.2 Å². The molecule has 6 heteroatoms. The monoisotopic (exact) mass is 206 g/mol. The molecule has 2 rings (SSSR count). The summed E-state index contributed by atoms with van der Waals surface area (Å²) >= 11 is 0. The molecule has 0 aliphatic rings. The number of amides is 1. The summed E-state index contributed by atoms with van der Waals surface area (Å²) in [6.45, 7) is 0. The number of nitrogens with one attached hydrogen (secondary N) is 2. The first-order valence-corrected chi connectivity index (χ1v) is 4.33. The Morgan fingerprint density at radius 3 is 2.67 bits per heavy atom. The molecule has 1 aromatic carbocycles. The fraction of sp³-hybridized carbons (Fsp3) is 0.111. The average molecular weight is 206 g/mol. The highest BCUT2D eigenvalue weighted by atomic mass is 16.2. The van der Waals surface area contributed by atoms with Crippen LogP contribution in [0.25, 0.3) is 11.0 Å². The van der Waals surface area contributed by atoms with Crippen molar-refractivity contribution in [1.29, 1.82) is 0 Å². The van der Waals surface area contributed by atoms with E-state index in [0.29, 0.717) is 16.6 Å². The van der Waals surface area contributed by atoms with Crippen LogP contribution in [0, 0.1) is 0 Å². The maximum atomic E-state index is 11.5. The number of H-pyrrole nitrogens is 2. The molecule has 0 unspecified atom stereocenters. The van der Waals surface area contributed by atoms with Gasteiger partial charge >= 0.3 is 5.69 Å². The van der Waals surface area contributed by atoms with Crippen molar-refractivity contribution in [3.63, 3.8) is 0 Å². The van der Waals surface area contributed by atoms with Gasteiger partial charge in [0.15, 0.2) is 0 Å². The predicted octanol–water partition coefficient (Wildman–Crippen LogP) is -0.198. The van der Waals surface area contributed by atoms with E-state index in [1.807, 2.05) is 0 Å². The van der Waals surface area contributed by atoms with Crippen molar-refractivity contribution in [1.82, 2.24) is 15.0 Å². The third-order valence-corrected chi connectivity index (χ3v) is 2.08. The SMILES string of the molecule is CN(N)C(=O)c1ccc2[nH]c(=O)[nH]c2c1. The summed E-state index contributed by atoms with van der Waals surface area (Å²) < 4.78 is 0. The second-order valence-electron chi connectivity index (χ2n) is 3.26. The standard InChI is InChI=1S/C9H10N4O2/c1-13(10)8(14)5-2-3-6-7(4-5)12-9(15)11-6/h2-4H,10H2,1H3,(H2,11,12,15). The van der Waals surface area contributed by atoms with E-state index in [1.165, 1.54) is 7.05 Å². The van der Waals surface area contributed by atoms with Crippen LogP contribution >= 0.6 is 0 Å². The Bertz CT molecular complexity index is 567. The van der Waals surface area contributed by atoms with Crippen LogP contribution in [0.2, 0.25) is 0 Å². The van der Waals surface area contributed by atoms with Crippen LogP contribution in [0.3, 0.4) is 0 Å². The largest absolute Gasteiger partial charge is 0.323 e. The summed E-state index contributed by atoms with van der Waals surface area (Å²) in [6, 6.07) is 4.85. The van der Waals surface area contributed by atoms with Crippen molar-refractivity contribution in [3.05, 3.63) is 34.2 Å². The number of benzene rings is 1. The van der Waals surface area contributed by atoms with E-state index in [4.69, 9.17) is 5.84 Å². The lowest BCUT2D eigenvalue weighted by Gasteiger charge is -2.09. The molecule has 0 spiro atoms. The zero-order chi connectivity index (χ0) is 11.0. The minimum Gasteiger partial charge on any atom is -0.306 e. The third kappa shape index (κ3) is 1.62. The van der Waals surface area contributed by atoms with Gasteiger partial charge in [-0.1, -0.05) is 0 Å². The highest BCUT2D eigenvalue weighted by molar-refractivity contribution is 5.96. The molecule has 0 aliphatic carbocycles. The molecule has 4 N–H and O–H groups in total. The number of carbonyl (C=O) groups excluding carboxylic acids is 1. The summed E-state index contributed by atoms with van der Waals surface area (Å²) in [6.07, 6.45) is 0. The van der Waals surface area contributed by atoms with E-state index in [-0.39, 0.29) is 11.6 Å². The number of fused-ring (bicyclic) bond motifs is 1. The van der Waals surface area contributed by atoms with Gasteiger partial charge < -0.3 is 9.97 Å². The van der Waals surface area contributed by atoms with Gasteiger partial charge in [-0.15, -0.1) is 0 Å². The van der Waals surface area contributed by atoms with Crippen molar-refractivity contribution in [2.24, 2.45) is 5.84 Å². The highest BCUT2D eigenvalue weighted by Crippen LogP contribution is 2.10. The molecule has 0 bridgehead atoms. The molecule has 78 valence electrons. The summed E-state index contributed by atoms with van der Waals surface area (Å²) in [4.78, 5) is 27.6. The number of carbonyl (C=O) groups is 1. The summed E-state index contributed by atoms with van der Waals surface area (Å²) in [7, 11) is 1.46. The lowest BCUT2D eigenvalue weighted by Crippen LogP contribution is -2.33. The van der Waals surface area contributed by atoms with Crippen LogP contribution in [0.5, 0.6) is 0 Å². The van der Waals surface area contributed by atoms with Crippen molar-refractivity contribution in [3.8, 4) is 0 Å². The molecule has 0 atom stereocenters. The van der Waals surface area contributed by atoms with Gasteiger partial charge in [0.2, 0.25) is 0 Å². The number of aromatic amines is 2. The number of rotatable bonds is 1. The van der Waals surface area contributed by atoms with E-state index < -0.39 is 0 Å². The number of nitrogens with two attached hydrogens (primary N) is 1. The van der Waals surface area contributed by atoms with E-state index in [0.717, 1.165) is 5.01 Å². The quantitative estimate of drug-likeness (QED) is 0.342. The first-order valence-electron chi connectivity index (χ1n) is 4.33. The Morgan fingerprint density at radius 1 is 1.33 bits per heavy atom. The summed E-state index contributed by atoms with van der Waals surface area (Å²) in [5.74, 6) is 5.01. The summed E-state index contributed by atoms with van der Waals surface area (Å²) in [5, 5.41) is 0.992. The molecule has 0 radical (unpaired) electrons. The lowest BCUT2D eigenvalue weighted by molar-refractivity contribution is 0.0795. The second-order valence-corrected chi connectivity index (χ2v) is 3.26. The number of hydrogen-bond acceptors (Lipinski definition) is 3. The van der Waals surface area contributed by atoms with Gasteiger partial charge in [-0.25, -0.2) is 10.6 Å². The Hall–Kier alpha value is -2.08. The zero-order valence-corrected chi connectivity index (χ0v) is 8.07. The van der Waals surface area contributed by atoms with Crippen LogP contribution in [0.15, 0.2) is 23.0 Å². The molecule has 0 saturated heterocycles. The van der Waals surface area contributed by atoms with Gasteiger partial charge in [0, 0.05) is 12.6 Å². The maximum absolute atomic E-state index is 11.5. The molecular formula is C9H10N4O2. The number of nitrogens with zero attached hydrogens (tertiary/aromatic N) is 1. The van der Waals surface area contributed by atoms with E-state index in [2.05, 4.69) is 9.97 Å². The molecular weight excluding hydrogens is 196 g/mol. The van der Waals surface area contributed by atoms with Gasteiger partial charge in [-0.3, -0.25) is 9.80 Å². The van der Waals surface area contributed by atoms with Crippen LogP contribution in [0.1, 0.15) is 10.4 Å². The lowest BCUT2D eigenvalue weighted by atomic mass is 10.2. The fourth-order valence-electron chi connectivity index (χ4n) is 1.37. The van der Waals surface area contributed by atoms with Gasteiger partial charge in [-0.05, 0) is 18.2 Å². The molecule has 1 heterocycles. The Kier molecular flexibility index (Phi) is 2.05. The van der Waals surface area contributed by atoms with Crippen LogP contribution in [-0.2, 0) is 0 Å². The van der Waals surface area contributed by atoms with E-state index in [9.17, 15) is 9.59 Å². The van der Waals surface area contributed by atoms with Crippen molar-refractivity contribution in [2.45, 2.75) is 0 Å². The smallest absolute Gasteiger partial charge is 0.306 e. The fourth-order valence-corrected chi connectivity index (χ4v) is 1.37. The second kappa shape index (κ2) is 3.25. The molecule has 6 nitrogen and oxygen atoms in total. The van der Waals surface area contributed by atoms with Crippen molar-refractivity contribution in [2.75, 3.05) is 7.05 Å². The molecule has 0 aliphatic heterocycles. The third-order valence-electron chi connectivity index (χ3n) is 2.08. The van der Waals surface area contributed by atoms with Gasteiger partial charge in [-0.2, -0.15) is 0 Å². The highest BCUT2D eigenvalue weighted by Gasteiger charge is 2.09. The van der Waals surface area contributed by atoms with Crippen LogP contribution in [-0.4, -0.2) is 27.9 Å². The van der Waals surface area contributed by atoms with Crippen molar-refractivity contribution < 1.29 is 4.79 Å². The number of hydrogen-bond donors (Lipinski definition) is 3. The topological polar surface area (TPSA) is 95.0 Å². The number of hydrazine groups is 1. The summed E-state index contributed by atoms with van der Waals surface area (Å²) in [5.41, 5.74) is 1.39. The molecule has 2 aromatic rings. The number of aromatic nitrogens is 2. The average Bonchev–Trinajstić information content (AvgIpc) is 2.55. The Morgan fingerprint density at radius 2 is 2.00 bits per heavy atom. The molecule has 15 heavy (non-hydrogen) atoms. The zero-order valence-electron chi connectivity index (χ0n) is 8.07. The first kappa shape index (κ1) is 9.47. The Balaban J connectivity index is 2.55. The molecule has 1 amide bonds. The molecule has 0 fully saturated rings. The maximum Gasteiger partial charge on any atom is 0.323 e. The van der Waals surface area contributed by atoms with Crippen molar-refractivity contribution >= 4 is 16.9 Å². The normalized spacial score (nSPS) is 10.5. The Labute approximate surface area is 84.7 Å². The van der Waals surface area contributed by atoms with Crippen LogP contribution in [0.4, 0.5) is 0 Å². The predicted molar refractivity (Wildman–Crippen MR) is 55.2 cm³/mol. The minimum absolute atomic E-state index is 0.296. The van der Waals surface area contributed by atoms with Gasteiger partial charge in [0.1, 0.15) is 0 Å². The van der Waals surface area contributed by atoms with Crippen LogP contribution < -0.4 is 11.5 Å². The first-order chi connectivity index (χ1) is 7.08. The minimum atomic E-state index is -0.307. The number of imidazole rings is 1. The van der Waals surface area contributed by atoms with Gasteiger partial charge in [0.05, 0.1) is 11.0 Å². The molecule has 1 aromatic heterocycles. The molecule has 0 saturated carbocycles. The van der Waals surface area contributed by atoms with E-state index >= 15 is 0 Å². The van der Waals surface area contributed by atoms with Gasteiger partial charge in [0.25, 0.3) is 5.91 Å².